The molecule has 1 rings (SSSR count). The van der Waals surface area contributed by atoms with Crippen LogP contribution in [-0.4, -0.2) is 4.98 Å². The van der Waals surface area contributed by atoms with Crippen molar-refractivity contribution in [3.63, 3.8) is 0 Å². The van der Waals surface area contributed by atoms with Crippen molar-refractivity contribution in [2.75, 3.05) is 0 Å². The number of nitrogens with zero attached hydrogens (tertiary/aromatic N) is 1. The monoisotopic (exact) mass is 223 g/mol. The van der Waals surface area contributed by atoms with Gasteiger partial charge in [-0.25, -0.2) is 0 Å². The summed E-state index contributed by atoms with van der Waals surface area (Å²) >= 11 is 2.99. The van der Waals surface area contributed by atoms with Gasteiger partial charge in [-0.05, 0) is 40.3 Å². The van der Waals surface area contributed by atoms with Gasteiger partial charge in [0, 0.05) is 30.1 Å². The van der Waals surface area contributed by atoms with Gasteiger partial charge in [-0.1, -0.05) is 13.7 Å². The van der Waals surface area contributed by atoms with Gasteiger partial charge in [-0.3, -0.25) is 4.98 Å². The summed E-state index contributed by atoms with van der Waals surface area (Å²) < 4.78 is 74.8. The highest BCUT2D eigenvalue weighted by atomic mass is 79.9. The Hall–Kier alpha value is -0.370. The lowest BCUT2D eigenvalue weighted by atomic mass is 10.0. The third-order valence-electron chi connectivity index (χ3n) is 1.12. The van der Waals surface area contributed by atoms with E-state index in [4.69, 9.17) is 13.7 Å². The predicted molar refractivity (Wildman–Crippen MR) is 50.8 cm³/mol. The van der Waals surface area contributed by atoms with E-state index in [-0.39, 0.29) is 4.47 Å². The molecule has 0 N–H and O–H groups in total. The van der Waals surface area contributed by atoms with Crippen LogP contribution in [0, 0.1) is 6.85 Å². The molecule has 1 aromatic heterocycles. The number of aromatic nitrogens is 1. The number of pyridine rings is 1. The van der Waals surface area contributed by atoms with Gasteiger partial charge in [0.1, 0.15) is 0 Å². The van der Waals surface area contributed by atoms with E-state index in [0.717, 1.165) is 12.3 Å². The third kappa shape index (κ3) is 2.03. The summed E-state index contributed by atoms with van der Waals surface area (Å²) in [6.45, 7) is -9.36. The van der Waals surface area contributed by atoms with Gasteiger partial charge in [0.2, 0.25) is 0 Å². The Labute approximate surface area is 90.0 Å². The number of halogens is 1. The Morgan fingerprint density at radius 1 is 1.73 bits per heavy atom. The highest BCUT2D eigenvalue weighted by Crippen LogP contribution is 2.20. The summed E-state index contributed by atoms with van der Waals surface area (Å²) in [7, 11) is 0. The van der Waals surface area contributed by atoms with Gasteiger partial charge in [0.05, 0.1) is 0 Å². The fourth-order valence-corrected chi connectivity index (χ4v) is 0.961. The molecule has 11 heavy (non-hydrogen) atoms. The van der Waals surface area contributed by atoms with Crippen molar-refractivity contribution >= 4 is 15.9 Å². The van der Waals surface area contributed by atoms with Crippen LogP contribution in [0.15, 0.2) is 16.7 Å². The molecule has 0 radical (unpaired) electrons. The lowest BCUT2D eigenvalue weighted by molar-refractivity contribution is 0.841. The quantitative estimate of drug-likeness (QED) is 0.713. The number of hydrogen-bond acceptors (Lipinski definition) is 1. The number of rotatable bonds is 1. The maximum absolute atomic E-state index is 8.05. The molecule has 60 valence electrons. The normalized spacial score (nSPS) is 28.5. The molecule has 1 heterocycles. The van der Waals surface area contributed by atoms with Gasteiger partial charge < -0.3 is 0 Å². The van der Waals surface area contributed by atoms with Crippen molar-refractivity contribution in [1.82, 2.24) is 4.98 Å². The summed E-state index contributed by atoms with van der Waals surface area (Å²) in [6, 6.07) is 1.01. The van der Waals surface area contributed by atoms with Crippen molar-refractivity contribution in [2.24, 2.45) is 0 Å². The van der Waals surface area contributed by atoms with Crippen LogP contribution < -0.4 is 0 Å². The van der Waals surface area contributed by atoms with Crippen molar-refractivity contribution in [2.45, 2.75) is 26.4 Å². The maximum Gasteiger partial charge on any atom is 0.0413 e. The Bertz CT molecular complexity index is 515. The maximum atomic E-state index is 8.05. The molecule has 0 aliphatic heterocycles. The highest BCUT2D eigenvalue weighted by molar-refractivity contribution is 9.10. The molecule has 0 aliphatic carbocycles. The van der Waals surface area contributed by atoms with Gasteiger partial charge in [-0.2, -0.15) is 0 Å². The van der Waals surface area contributed by atoms with Crippen LogP contribution in [0.5, 0.6) is 0 Å². The molecule has 1 aromatic rings. The first-order chi connectivity index (χ1) is 9.12. The zero-order valence-electron chi connectivity index (χ0n) is 15.5. The fraction of sp³-hybridized carbons (Fsp3) is 0.444. The zero-order chi connectivity index (χ0) is 16.9. The summed E-state index contributed by atoms with van der Waals surface area (Å²) in [4.78, 5) is 3.61. The first-order valence-corrected chi connectivity index (χ1v) is 3.58. The van der Waals surface area contributed by atoms with Crippen LogP contribution in [0.2, 0.25) is 0 Å². The lowest BCUT2D eigenvalue weighted by Crippen LogP contribution is -1.94. The van der Waals surface area contributed by atoms with Gasteiger partial charge >= 0.3 is 0 Å². The number of aryl methyl sites for hydroxylation is 1. The van der Waals surface area contributed by atoms with Gasteiger partial charge in [-0.15, -0.1) is 0 Å². The fourth-order valence-electron chi connectivity index (χ4n) is 0.630. The average molecular weight is 224 g/mol. The van der Waals surface area contributed by atoms with Gasteiger partial charge in [0.15, 0.2) is 0 Å². The Morgan fingerprint density at radius 2 is 2.55 bits per heavy atom. The molecular weight excluding hydrogens is 202 g/mol. The molecule has 0 saturated heterocycles. The molecule has 0 unspecified atom stereocenters. The van der Waals surface area contributed by atoms with E-state index >= 15 is 0 Å². The third-order valence-corrected chi connectivity index (χ3v) is 1.56. The van der Waals surface area contributed by atoms with Crippen LogP contribution in [0.3, 0.4) is 0 Å². The van der Waals surface area contributed by atoms with Gasteiger partial charge in [0.25, 0.3) is 0 Å². The molecule has 0 saturated carbocycles. The molecule has 0 amide bonds. The highest BCUT2D eigenvalue weighted by Gasteiger charge is 2.03. The van der Waals surface area contributed by atoms with Crippen molar-refractivity contribution in [1.29, 1.82) is 0 Å². The minimum absolute atomic E-state index is 0.190. The molecule has 0 fully saturated rings. The molecule has 0 spiro atoms. The molecular formula is C9H12BrN. The van der Waals surface area contributed by atoms with Crippen LogP contribution in [-0.2, 0) is 0 Å². The van der Waals surface area contributed by atoms with Crippen LogP contribution in [0.25, 0.3) is 0 Å². The second-order valence-corrected chi connectivity index (χ2v) is 2.84. The molecule has 1 nitrogen and oxygen atoms in total. The first-order valence-electron chi connectivity index (χ1n) is 7.79. The predicted octanol–water partition coefficient (Wildman–Crippen LogP) is 3.28. The van der Waals surface area contributed by atoms with Crippen LogP contribution in [0.1, 0.15) is 44.6 Å². The van der Waals surface area contributed by atoms with Crippen molar-refractivity contribution in [3.05, 3.63) is 28.0 Å². The van der Waals surface area contributed by atoms with E-state index in [0.29, 0.717) is 0 Å². The second kappa shape index (κ2) is 3.35. The van der Waals surface area contributed by atoms with Crippen LogP contribution >= 0.6 is 15.9 Å². The summed E-state index contributed by atoms with van der Waals surface area (Å²) in [5.41, 5.74) is -1.36. The Kier molecular flexibility index (Phi) is 0.706. The first kappa shape index (κ1) is 2.32. The average Bonchev–Trinajstić information content (AvgIpc) is 2.22. The van der Waals surface area contributed by atoms with E-state index < -0.39 is 37.7 Å². The molecule has 0 bridgehead atoms. The minimum Gasteiger partial charge on any atom is -0.260 e. The summed E-state index contributed by atoms with van der Waals surface area (Å²) in [5.74, 6) is -3.10. The summed E-state index contributed by atoms with van der Waals surface area (Å²) in [5, 5.41) is 0. The second-order valence-electron chi connectivity index (χ2n) is 1.92. The largest absolute Gasteiger partial charge is 0.260 e. The topological polar surface area (TPSA) is 12.9 Å². The van der Waals surface area contributed by atoms with E-state index in [1.165, 1.54) is 0 Å². The minimum atomic E-state index is -3.26. The van der Waals surface area contributed by atoms with Crippen molar-refractivity contribution in [3.8, 4) is 0 Å². The molecule has 0 aliphatic rings. The lowest BCUT2D eigenvalue weighted by Gasteiger charge is -2.07. The molecule has 2 heteroatoms. The smallest absolute Gasteiger partial charge is 0.0413 e. The number of hydrogen-bond donors (Lipinski definition) is 0. The van der Waals surface area contributed by atoms with E-state index in [1.807, 2.05) is 0 Å². The van der Waals surface area contributed by atoms with Crippen LogP contribution in [0.4, 0.5) is 0 Å². The van der Waals surface area contributed by atoms with Crippen molar-refractivity contribution < 1.29 is 13.7 Å². The van der Waals surface area contributed by atoms with E-state index in [2.05, 4.69) is 20.9 Å². The standard InChI is InChI=1S/C9H12BrN/c1-6(2)9-4-8(10)5-11-7(9)3/h4-6H,1-3H3/i1D3,2D3,3D3,6D. The Morgan fingerprint density at radius 3 is 3.18 bits per heavy atom. The summed E-state index contributed by atoms with van der Waals surface area (Å²) in [6.07, 6.45) is 1.12. The zero-order valence-corrected chi connectivity index (χ0v) is 7.07. The van der Waals surface area contributed by atoms with E-state index in [9.17, 15) is 0 Å². The molecule has 0 atom stereocenters. The Balaban J connectivity index is 3.80. The SMILES string of the molecule is [2H]C([2H])([2H])c1ncc(Br)cc1C([2H])(C([2H])([2H])[2H])C([2H])([2H])[2H]. The van der Waals surface area contributed by atoms with E-state index in [1.54, 1.807) is 0 Å². The molecule has 0 aromatic carbocycles.